The number of nitrogens with one attached hydrogen (secondary N) is 1. The first kappa shape index (κ1) is 16.1. The van der Waals surface area contributed by atoms with Crippen molar-refractivity contribution in [3.8, 4) is 0 Å². The first-order valence-electron chi connectivity index (χ1n) is 7.01. The molecule has 0 amide bonds. The average Bonchev–Trinajstić information content (AvgIpc) is 2.42. The van der Waals surface area contributed by atoms with Crippen LogP contribution in [0.1, 0.15) is 36.6 Å². The van der Waals surface area contributed by atoms with E-state index in [0.29, 0.717) is 16.0 Å². The summed E-state index contributed by atoms with van der Waals surface area (Å²) in [7, 11) is 0. The molecule has 2 nitrogen and oxygen atoms in total. The summed E-state index contributed by atoms with van der Waals surface area (Å²) in [5, 5.41) is 0. The molecule has 21 heavy (non-hydrogen) atoms. The summed E-state index contributed by atoms with van der Waals surface area (Å²) < 4.78 is 14.9. The molecule has 112 valence electrons. The summed E-state index contributed by atoms with van der Waals surface area (Å²) in [6.45, 7) is 4.36. The predicted molar refractivity (Wildman–Crippen MR) is 88.3 cm³/mol. The van der Waals surface area contributed by atoms with Crippen LogP contribution in [0.15, 0.2) is 46.9 Å². The molecule has 0 fully saturated rings. The highest BCUT2D eigenvalue weighted by atomic mass is 79.9. The van der Waals surface area contributed by atoms with Gasteiger partial charge in [-0.3, -0.25) is 5.84 Å². The summed E-state index contributed by atoms with van der Waals surface area (Å²) >= 11 is 3.41. The molecular formula is C17H20BrFN2. The van der Waals surface area contributed by atoms with Gasteiger partial charge in [0.1, 0.15) is 5.82 Å². The molecule has 0 heterocycles. The van der Waals surface area contributed by atoms with Crippen molar-refractivity contribution >= 4 is 15.9 Å². The quantitative estimate of drug-likeness (QED) is 0.621. The second kappa shape index (κ2) is 7.16. The Bertz CT molecular complexity index is 593. The Morgan fingerprint density at radius 2 is 1.90 bits per heavy atom. The second-order valence-electron chi connectivity index (χ2n) is 5.58. The lowest BCUT2D eigenvalue weighted by Crippen LogP contribution is -2.30. The predicted octanol–water partition coefficient (Wildman–Crippen LogP) is 4.34. The van der Waals surface area contributed by atoms with Gasteiger partial charge in [-0.25, -0.2) is 9.82 Å². The Kier molecular flexibility index (Phi) is 5.51. The molecule has 3 N–H and O–H groups in total. The molecule has 0 aliphatic carbocycles. The fraction of sp³-hybridized carbons (Fsp3) is 0.294. The zero-order chi connectivity index (χ0) is 15.4. The molecule has 1 unspecified atom stereocenters. The summed E-state index contributed by atoms with van der Waals surface area (Å²) in [4.78, 5) is 0. The molecule has 1 atom stereocenters. The Balaban J connectivity index is 2.42. The molecule has 2 aromatic carbocycles. The van der Waals surface area contributed by atoms with E-state index in [1.54, 1.807) is 6.07 Å². The van der Waals surface area contributed by atoms with Gasteiger partial charge in [0, 0.05) is 10.0 Å². The van der Waals surface area contributed by atoms with Crippen LogP contribution in [0.4, 0.5) is 4.39 Å². The highest BCUT2D eigenvalue weighted by molar-refractivity contribution is 9.10. The molecule has 0 aliphatic rings. The topological polar surface area (TPSA) is 38.0 Å². The summed E-state index contributed by atoms with van der Waals surface area (Å²) in [6.07, 6.45) is 0.990. The number of hydrogen-bond donors (Lipinski definition) is 2. The van der Waals surface area contributed by atoms with E-state index in [1.165, 1.54) is 11.6 Å². The minimum Gasteiger partial charge on any atom is -0.271 e. The van der Waals surface area contributed by atoms with Gasteiger partial charge in [-0.15, -0.1) is 0 Å². The Labute approximate surface area is 133 Å². The van der Waals surface area contributed by atoms with E-state index in [4.69, 9.17) is 5.84 Å². The summed E-state index contributed by atoms with van der Waals surface area (Å²) in [5.41, 5.74) is 5.45. The maximum absolute atomic E-state index is 14.2. The van der Waals surface area contributed by atoms with Gasteiger partial charge >= 0.3 is 0 Å². The fourth-order valence-electron chi connectivity index (χ4n) is 2.50. The number of hydrogen-bond acceptors (Lipinski definition) is 2. The van der Waals surface area contributed by atoms with E-state index in [9.17, 15) is 4.39 Å². The van der Waals surface area contributed by atoms with E-state index in [-0.39, 0.29) is 11.9 Å². The summed E-state index contributed by atoms with van der Waals surface area (Å²) in [5.74, 6) is 5.99. The van der Waals surface area contributed by atoms with Crippen LogP contribution in [0, 0.1) is 11.7 Å². The van der Waals surface area contributed by atoms with Gasteiger partial charge in [0.2, 0.25) is 0 Å². The fourth-order valence-corrected chi connectivity index (χ4v) is 3.07. The van der Waals surface area contributed by atoms with Crippen molar-refractivity contribution in [1.29, 1.82) is 0 Å². The van der Waals surface area contributed by atoms with E-state index in [0.717, 1.165) is 12.0 Å². The third-order valence-electron chi connectivity index (χ3n) is 3.38. The van der Waals surface area contributed by atoms with Gasteiger partial charge in [0.25, 0.3) is 0 Å². The third kappa shape index (κ3) is 3.90. The van der Waals surface area contributed by atoms with Gasteiger partial charge in [-0.2, -0.15) is 0 Å². The SMILES string of the molecule is CC(C)Cc1cccc(C(NN)c2c(F)cccc2Br)c1. The van der Waals surface area contributed by atoms with Crippen molar-refractivity contribution in [2.45, 2.75) is 26.3 Å². The van der Waals surface area contributed by atoms with Crippen molar-refractivity contribution in [3.05, 3.63) is 69.4 Å². The smallest absolute Gasteiger partial charge is 0.129 e. The molecule has 0 aromatic heterocycles. The van der Waals surface area contributed by atoms with Crippen LogP contribution in [0.2, 0.25) is 0 Å². The van der Waals surface area contributed by atoms with Crippen LogP contribution in [0.5, 0.6) is 0 Å². The Morgan fingerprint density at radius 1 is 1.19 bits per heavy atom. The van der Waals surface area contributed by atoms with Crippen LogP contribution in [-0.4, -0.2) is 0 Å². The molecular weight excluding hydrogens is 331 g/mol. The van der Waals surface area contributed by atoms with Crippen molar-refractivity contribution < 1.29 is 4.39 Å². The minimum absolute atomic E-state index is 0.276. The summed E-state index contributed by atoms with van der Waals surface area (Å²) in [6, 6.07) is 12.7. The third-order valence-corrected chi connectivity index (χ3v) is 4.07. The van der Waals surface area contributed by atoms with Gasteiger partial charge in [-0.05, 0) is 35.6 Å². The molecule has 0 saturated carbocycles. The highest BCUT2D eigenvalue weighted by Gasteiger charge is 2.19. The number of rotatable bonds is 5. The molecule has 4 heteroatoms. The number of benzene rings is 2. The maximum Gasteiger partial charge on any atom is 0.129 e. The highest BCUT2D eigenvalue weighted by Crippen LogP contribution is 2.31. The zero-order valence-electron chi connectivity index (χ0n) is 12.2. The molecule has 2 aromatic rings. The Morgan fingerprint density at radius 3 is 2.52 bits per heavy atom. The monoisotopic (exact) mass is 350 g/mol. The van der Waals surface area contributed by atoms with Crippen molar-refractivity contribution in [1.82, 2.24) is 5.43 Å². The minimum atomic E-state index is -0.382. The molecule has 0 aliphatic heterocycles. The molecule has 0 spiro atoms. The molecule has 0 radical (unpaired) electrons. The van der Waals surface area contributed by atoms with Crippen LogP contribution in [0.3, 0.4) is 0 Å². The largest absolute Gasteiger partial charge is 0.271 e. The van der Waals surface area contributed by atoms with Crippen molar-refractivity contribution in [2.75, 3.05) is 0 Å². The molecule has 2 rings (SSSR count). The van der Waals surface area contributed by atoms with Crippen LogP contribution < -0.4 is 11.3 Å². The van der Waals surface area contributed by atoms with Crippen LogP contribution in [-0.2, 0) is 6.42 Å². The van der Waals surface area contributed by atoms with Gasteiger partial charge in [0.05, 0.1) is 6.04 Å². The first-order valence-corrected chi connectivity index (χ1v) is 7.81. The lowest BCUT2D eigenvalue weighted by molar-refractivity contribution is 0.557. The van der Waals surface area contributed by atoms with Gasteiger partial charge < -0.3 is 0 Å². The van der Waals surface area contributed by atoms with E-state index >= 15 is 0 Å². The van der Waals surface area contributed by atoms with Crippen LogP contribution in [0.25, 0.3) is 0 Å². The Hall–Kier alpha value is -1.23. The van der Waals surface area contributed by atoms with Crippen molar-refractivity contribution in [2.24, 2.45) is 11.8 Å². The normalized spacial score (nSPS) is 12.7. The van der Waals surface area contributed by atoms with Crippen molar-refractivity contribution in [3.63, 3.8) is 0 Å². The van der Waals surface area contributed by atoms with Gasteiger partial charge in [-0.1, -0.05) is 60.1 Å². The second-order valence-corrected chi connectivity index (χ2v) is 6.43. The van der Waals surface area contributed by atoms with E-state index < -0.39 is 0 Å². The lowest BCUT2D eigenvalue weighted by Gasteiger charge is -2.20. The van der Waals surface area contributed by atoms with E-state index in [2.05, 4.69) is 47.3 Å². The number of nitrogens with two attached hydrogens (primary N) is 1. The lowest BCUT2D eigenvalue weighted by atomic mass is 9.94. The number of halogens is 2. The maximum atomic E-state index is 14.2. The first-order chi connectivity index (χ1) is 10.0. The van der Waals surface area contributed by atoms with Gasteiger partial charge in [0.15, 0.2) is 0 Å². The average molecular weight is 351 g/mol. The van der Waals surface area contributed by atoms with E-state index in [1.807, 2.05) is 18.2 Å². The number of hydrazine groups is 1. The standard InChI is InChI=1S/C17H20BrFN2/c1-11(2)9-12-5-3-6-13(10-12)17(21-20)16-14(18)7-4-8-15(16)19/h3-8,10-11,17,21H,9,20H2,1-2H3. The molecule has 0 bridgehead atoms. The van der Waals surface area contributed by atoms with Crippen LogP contribution >= 0.6 is 15.9 Å². The zero-order valence-corrected chi connectivity index (χ0v) is 13.8. The molecule has 0 saturated heterocycles.